The van der Waals surface area contributed by atoms with Crippen LogP contribution in [-0.4, -0.2) is 0 Å². The third kappa shape index (κ3) is 2.65. The van der Waals surface area contributed by atoms with E-state index in [1.807, 2.05) is 0 Å². The molecule has 2 aliphatic carbocycles. The van der Waals surface area contributed by atoms with Crippen molar-refractivity contribution in [3.8, 4) is 0 Å². The van der Waals surface area contributed by atoms with E-state index in [-0.39, 0.29) is 56.4 Å². The summed E-state index contributed by atoms with van der Waals surface area (Å²) < 4.78 is 0. The maximum absolute atomic E-state index is 3.50. The molecule has 0 aliphatic heterocycles. The number of allylic oxidation sites excluding steroid dienone is 6. The number of halogens is 2. The molecule has 3 heteroatoms. The van der Waals surface area contributed by atoms with Crippen molar-refractivity contribution in [2.24, 2.45) is 0 Å². The summed E-state index contributed by atoms with van der Waals surface area (Å²) in [5, 5.41) is 0. The first-order valence-corrected chi connectivity index (χ1v) is 6.21. The normalized spacial score (nSPS) is 22.4. The van der Waals surface area contributed by atoms with E-state index in [2.05, 4.69) is 63.3 Å². The molecule has 0 radical (unpaired) electrons. The van der Waals surface area contributed by atoms with Gasteiger partial charge in [0.15, 0.2) is 0 Å². The van der Waals surface area contributed by atoms with Gasteiger partial charge in [0.2, 0.25) is 0 Å². The van der Waals surface area contributed by atoms with Crippen LogP contribution in [0.3, 0.4) is 0 Å². The van der Waals surface area contributed by atoms with Crippen LogP contribution in [0.25, 0.3) is 5.57 Å². The summed E-state index contributed by atoms with van der Waals surface area (Å²) in [6.45, 7) is 6.82. The van der Waals surface area contributed by atoms with Gasteiger partial charge in [-0.3, -0.25) is 6.08 Å². The third-order valence-corrected chi connectivity index (χ3v) is 4.42. The van der Waals surface area contributed by atoms with Crippen molar-refractivity contribution in [2.75, 3.05) is 0 Å². The van der Waals surface area contributed by atoms with Gasteiger partial charge in [-0.25, -0.2) is 11.6 Å². The van der Waals surface area contributed by atoms with Crippen molar-refractivity contribution in [2.45, 2.75) is 32.6 Å². The van der Waals surface area contributed by atoms with Crippen LogP contribution >= 0.6 is 24.8 Å². The zero-order valence-electron chi connectivity index (χ0n) is 12.0. The van der Waals surface area contributed by atoms with Crippen LogP contribution in [0.4, 0.5) is 0 Å². The summed E-state index contributed by atoms with van der Waals surface area (Å²) >= 11 is 0. The number of hydrogen-bond acceptors (Lipinski definition) is 0. The van der Waals surface area contributed by atoms with Crippen LogP contribution in [0.1, 0.15) is 38.3 Å². The maximum Gasteiger partial charge on any atom is 0.00608 e. The summed E-state index contributed by atoms with van der Waals surface area (Å²) in [6.07, 6.45) is 8.89. The van der Waals surface area contributed by atoms with Crippen LogP contribution in [0.2, 0.25) is 0 Å². The number of rotatable bonds is 1. The van der Waals surface area contributed by atoms with E-state index in [1.165, 1.54) is 27.8 Å². The van der Waals surface area contributed by atoms with Crippen LogP contribution in [0.15, 0.2) is 47.6 Å². The van der Waals surface area contributed by atoms with Gasteiger partial charge in [0.25, 0.3) is 0 Å². The van der Waals surface area contributed by atoms with Crippen LogP contribution < -0.4 is 0 Å². The average Bonchev–Trinajstić information content (AvgIpc) is 2.95. The van der Waals surface area contributed by atoms with Crippen LogP contribution in [0.5, 0.6) is 0 Å². The van der Waals surface area contributed by atoms with Gasteiger partial charge < -0.3 is 0 Å². The zero-order chi connectivity index (χ0) is 12.0. The molecular formula is C17H19Cl2Zr-. The minimum Gasteiger partial charge on any atom is -0.268 e. The van der Waals surface area contributed by atoms with Crippen LogP contribution in [-0.2, 0) is 31.6 Å². The second kappa shape index (κ2) is 7.25. The van der Waals surface area contributed by atoms with E-state index in [0.29, 0.717) is 0 Å². The van der Waals surface area contributed by atoms with Crippen molar-refractivity contribution < 1.29 is 26.2 Å². The number of hydrogen-bond donors (Lipinski definition) is 0. The summed E-state index contributed by atoms with van der Waals surface area (Å²) in [6, 6.07) is 8.76. The maximum atomic E-state index is 3.50. The van der Waals surface area contributed by atoms with E-state index in [9.17, 15) is 0 Å². The molecule has 0 fully saturated rings. The largest absolute Gasteiger partial charge is 0.268 e. The van der Waals surface area contributed by atoms with E-state index in [1.54, 1.807) is 0 Å². The fourth-order valence-electron chi connectivity index (χ4n) is 3.12. The van der Waals surface area contributed by atoms with Crippen molar-refractivity contribution >= 4 is 30.4 Å². The summed E-state index contributed by atoms with van der Waals surface area (Å²) in [5.41, 5.74) is 7.10. The second-order valence-corrected chi connectivity index (χ2v) is 5.12. The minimum atomic E-state index is 0. The molecular weight excluding hydrogens is 366 g/mol. The molecule has 1 aromatic carbocycles. The van der Waals surface area contributed by atoms with E-state index < -0.39 is 0 Å². The van der Waals surface area contributed by atoms with Gasteiger partial charge in [0.1, 0.15) is 0 Å². The Labute approximate surface area is 153 Å². The second-order valence-electron chi connectivity index (χ2n) is 5.12. The molecule has 1 aromatic rings. The summed E-state index contributed by atoms with van der Waals surface area (Å²) in [5.74, 6) is 0. The molecule has 0 nitrogen and oxygen atoms in total. The van der Waals surface area contributed by atoms with Gasteiger partial charge >= 0.3 is 0 Å². The molecule has 0 amide bonds. The average molecular weight is 385 g/mol. The predicted octanol–water partition coefficient (Wildman–Crippen LogP) is 5.28. The first kappa shape index (κ1) is 19.9. The molecule has 0 saturated carbocycles. The van der Waals surface area contributed by atoms with Crippen LogP contribution in [0, 0.1) is 6.08 Å². The van der Waals surface area contributed by atoms with E-state index >= 15 is 0 Å². The van der Waals surface area contributed by atoms with Gasteiger partial charge in [-0.1, -0.05) is 36.8 Å². The zero-order valence-corrected chi connectivity index (χ0v) is 16.1. The monoisotopic (exact) mass is 383 g/mol. The Morgan fingerprint density at radius 2 is 1.75 bits per heavy atom. The Morgan fingerprint density at radius 1 is 1.10 bits per heavy atom. The van der Waals surface area contributed by atoms with E-state index in [0.717, 1.165) is 6.42 Å². The molecule has 1 atom stereocenters. The van der Waals surface area contributed by atoms with Gasteiger partial charge in [-0.05, 0) is 30.5 Å². The molecule has 20 heavy (non-hydrogen) atoms. The quantitative estimate of drug-likeness (QED) is 0.577. The van der Waals surface area contributed by atoms with Crippen molar-refractivity contribution in [1.82, 2.24) is 0 Å². The Balaban J connectivity index is 0.00000120. The number of fused-ring (bicyclic) bond motifs is 1. The summed E-state index contributed by atoms with van der Waals surface area (Å²) in [7, 11) is 0. The molecule has 0 heterocycles. The smallest absolute Gasteiger partial charge is 0.00608 e. The Hall–Kier alpha value is -0.0969. The molecule has 0 spiro atoms. The SMILES string of the molecule is CC1=C(C)C(C)(C2=[C-]CC=C2)c2ccccc21.Cl.Cl.[Zr]. The fraction of sp³-hybridized carbons (Fsp3) is 0.294. The molecule has 0 bridgehead atoms. The fourth-order valence-corrected chi connectivity index (χ4v) is 3.12. The Bertz CT molecular complexity index is 584. The van der Waals surface area contributed by atoms with Gasteiger partial charge in [-0.2, -0.15) is 6.08 Å². The van der Waals surface area contributed by atoms with Gasteiger partial charge in [0, 0.05) is 31.6 Å². The Kier molecular flexibility index (Phi) is 7.22. The first-order chi connectivity index (χ1) is 8.15. The van der Waals surface area contributed by atoms with Gasteiger partial charge in [0.05, 0.1) is 0 Å². The molecule has 106 valence electrons. The van der Waals surface area contributed by atoms with Gasteiger partial charge in [-0.15, -0.1) is 31.2 Å². The van der Waals surface area contributed by atoms with Crippen molar-refractivity contribution in [3.05, 3.63) is 64.8 Å². The molecule has 2 aliphatic rings. The van der Waals surface area contributed by atoms with E-state index in [4.69, 9.17) is 0 Å². The first-order valence-electron chi connectivity index (χ1n) is 6.21. The molecule has 3 rings (SSSR count). The Morgan fingerprint density at radius 3 is 2.35 bits per heavy atom. The summed E-state index contributed by atoms with van der Waals surface area (Å²) in [4.78, 5) is 0. The number of benzene rings is 1. The third-order valence-electron chi connectivity index (χ3n) is 4.42. The predicted molar refractivity (Wildman–Crippen MR) is 87.1 cm³/mol. The molecule has 0 N–H and O–H groups in total. The van der Waals surface area contributed by atoms with Crippen molar-refractivity contribution in [3.63, 3.8) is 0 Å². The standard InChI is InChI=1S/C17H17.2ClH.Zr/c1-12-13(2)17(3,14-8-4-5-9-14)16-11-7-6-10-15(12)16;;;/h4,6-8,10-11H,5H2,1-3H3;2*1H;/q-1;;;. The topological polar surface area (TPSA) is 0 Å². The van der Waals surface area contributed by atoms with Crippen molar-refractivity contribution in [1.29, 1.82) is 0 Å². The molecule has 0 aromatic heterocycles. The molecule has 1 unspecified atom stereocenters. The molecule has 0 saturated heterocycles. The minimum absolute atomic E-state index is 0.